The molecule has 0 unspecified atom stereocenters. The molecular weight excluding hydrogens is 260 g/mol. The highest BCUT2D eigenvalue weighted by Crippen LogP contribution is 2.14. The van der Waals surface area contributed by atoms with E-state index >= 15 is 0 Å². The number of rotatable bonds is 5. The summed E-state index contributed by atoms with van der Waals surface area (Å²) >= 11 is 3.32. The number of carbonyl (C=O) groups excluding carboxylic acids is 1. The molecule has 0 saturated carbocycles. The van der Waals surface area contributed by atoms with Crippen LogP contribution in [0.25, 0.3) is 0 Å². The largest absolute Gasteiger partial charge is 0.355 e. The van der Waals surface area contributed by atoms with E-state index in [1.165, 1.54) is 14.2 Å². The van der Waals surface area contributed by atoms with Gasteiger partial charge >= 0.3 is 0 Å². The standard InChI is InChI=1S/C11H13BrO3/c1-14-11(15-2)7-10(13)8-4-3-5-9(12)6-8/h3-6,11H,7H2,1-2H3. The minimum absolute atomic E-state index is 0.00463. The predicted molar refractivity (Wildman–Crippen MR) is 60.9 cm³/mol. The van der Waals surface area contributed by atoms with E-state index in [1.807, 2.05) is 12.1 Å². The van der Waals surface area contributed by atoms with Crippen LogP contribution in [-0.4, -0.2) is 26.3 Å². The highest BCUT2D eigenvalue weighted by molar-refractivity contribution is 9.10. The first-order valence-electron chi connectivity index (χ1n) is 4.51. The third kappa shape index (κ3) is 3.74. The van der Waals surface area contributed by atoms with Crippen molar-refractivity contribution in [1.82, 2.24) is 0 Å². The molecule has 1 aromatic carbocycles. The Morgan fingerprint density at radius 2 is 2.07 bits per heavy atom. The molecule has 1 rings (SSSR count). The average molecular weight is 273 g/mol. The molecule has 0 fully saturated rings. The number of halogens is 1. The van der Waals surface area contributed by atoms with Crippen molar-refractivity contribution in [3.8, 4) is 0 Å². The van der Waals surface area contributed by atoms with Crippen LogP contribution in [0.1, 0.15) is 16.8 Å². The molecule has 0 radical (unpaired) electrons. The summed E-state index contributed by atoms with van der Waals surface area (Å²) in [5, 5.41) is 0. The zero-order valence-corrected chi connectivity index (χ0v) is 10.3. The molecule has 0 aliphatic rings. The lowest BCUT2D eigenvalue weighted by Crippen LogP contribution is -2.18. The third-order valence-electron chi connectivity index (χ3n) is 2.02. The molecule has 0 bridgehead atoms. The van der Waals surface area contributed by atoms with Crippen LogP contribution in [0.4, 0.5) is 0 Å². The second-order valence-electron chi connectivity index (χ2n) is 3.04. The number of methoxy groups -OCH3 is 2. The van der Waals surface area contributed by atoms with Crippen molar-refractivity contribution in [1.29, 1.82) is 0 Å². The van der Waals surface area contributed by atoms with Gasteiger partial charge in [0.2, 0.25) is 0 Å². The average Bonchev–Trinajstić information content (AvgIpc) is 2.25. The second kappa shape index (κ2) is 6.00. The fourth-order valence-electron chi connectivity index (χ4n) is 1.19. The van der Waals surface area contributed by atoms with E-state index in [-0.39, 0.29) is 12.2 Å². The van der Waals surface area contributed by atoms with E-state index in [0.29, 0.717) is 5.56 Å². The van der Waals surface area contributed by atoms with Crippen molar-refractivity contribution < 1.29 is 14.3 Å². The molecule has 0 heterocycles. The summed E-state index contributed by atoms with van der Waals surface area (Å²) < 4.78 is 10.8. The summed E-state index contributed by atoms with van der Waals surface area (Å²) in [5.74, 6) is 0.00463. The van der Waals surface area contributed by atoms with Gasteiger partial charge in [-0.3, -0.25) is 4.79 Å². The van der Waals surface area contributed by atoms with Crippen LogP contribution in [0, 0.1) is 0 Å². The highest BCUT2D eigenvalue weighted by atomic mass is 79.9. The monoisotopic (exact) mass is 272 g/mol. The normalized spacial score (nSPS) is 10.7. The third-order valence-corrected chi connectivity index (χ3v) is 2.52. The Balaban J connectivity index is 2.68. The van der Waals surface area contributed by atoms with E-state index in [1.54, 1.807) is 12.1 Å². The zero-order chi connectivity index (χ0) is 11.3. The first-order chi connectivity index (χ1) is 7.17. The van der Waals surface area contributed by atoms with Crippen LogP contribution in [0.15, 0.2) is 28.7 Å². The van der Waals surface area contributed by atoms with Gasteiger partial charge in [0, 0.05) is 24.3 Å². The number of carbonyl (C=O) groups is 1. The topological polar surface area (TPSA) is 35.5 Å². The van der Waals surface area contributed by atoms with Crippen LogP contribution in [0.3, 0.4) is 0 Å². The van der Waals surface area contributed by atoms with Crippen LogP contribution in [0.2, 0.25) is 0 Å². The molecule has 15 heavy (non-hydrogen) atoms. The summed E-state index contributed by atoms with van der Waals surface area (Å²) in [4.78, 5) is 11.7. The highest BCUT2D eigenvalue weighted by Gasteiger charge is 2.13. The molecule has 0 N–H and O–H groups in total. The fraction of sp³-hybridized carbons (Fsp3) is 0.364. The Morgan fingerprint density at radius 3 is 2.60 bits per heavy atom. The van der Waals surface area contributed by atoms with Crippen LogP contribution in [-0.2, 0) is 9.47 Å². The molecule has 3 nitrogen and oxygen atoms in total. The van der Waals surface area contributed by atoms with Crippen molar-refractivity contribution >= 4 is 21.7 Å². The number of Topliss-reactive ketones (excluding diaryl/α,β-unsaturated/α-hetero) is 1. The smallest absolute Gasteiger partial charge is 0.167 e. The Kier molecular flexibility index (Phi) is 4.94. The molecule has 0 spiro atoms. The lowest BCUT2D eigenvalue weighted by molar-refractivity contribution is -0.0993. The molecule has 0 saturated heterocycles. The first-order valence-corrected chi connectivity index (χ1v) is 5.31. The van der Waals surface area contributed by atoms with Crippen LogP contribution >= 0.6 is 15.9 Å². The van der Waals surface area contributed by atoms with Crippen molar-refractivity contribution in [2.75, 3.05) is 14.2 Å². The number of hydrogen-bond donors (Lipinski definition) is 0. The Hall–Kier alpha value is -0.710. The molecule has 82 valence electrons. The molecule has 0 aromatic heterocycles. The van der Waals surface area contributed by atoms with Gasteiger partial charge in [-0.25, -0.2) is 0 Å². The van der Waals surface area contributed by atoms with E-state index in [4.69, 9.17) is 9.47 Å². The van der Waals surface area contributed by atoms with Crippen molar-refractivity contribution in [3.63, 3.8) is 0 Å². The van der Waals surface area contributed by atoms with Gasteiger partial charge < -0.3 is 9.47 Å². The SMILES string of the molecule is COC(CC(=O)c1cccc(Br)c1)OC. The van der Waals surface area contributed by atoms with E-state index in [9.17, 15) is 4.79 Å². The van der Waals surface area contributed by atoms with E-state index in [0.717, 1.165) is 4.47 Å². The Morgan fingerprint density at radius 1 is 1.40 bits per heavy atom. The number of ketones is 1. The Bertz CT molecular complexity index is 334. The quantitative estimate of drug-likeness (QED) is 0.611. The molecule has 0 aliphatic carbocycles. The summed E-state index contributed by atoms with van der Waals surface area (Å²) in [7, 11) is 3.03. The van der Waals surface area contributed by atoms with E-state index in [2.05, 4.69) is 15.9 Å². The fourth-order valence-corrected chi connectivity index (χ4v) is 1.59. The van der Waals surface area contributed by atoms with Gasteiger partial charge in [-0.15, -0.1) is 0 Å². The zero-order valence-electron chi connectivity index (χ0n) is 8.70. The maximum absolute atomic E-state index is 11.7. The van der Waals surface area contributed by atoms with Crippen LogP contribution < -0.4 is 0 Å². The van der Waals surface area contributed by atoms with Gasteiger partial charge in [0.1, 0.15) is 0 Å². The molecule has 1 aromatic rings. The molecule has 0 amide bonds. The summed E-state index contributed by atoms with van der Waals surface area (Å²) in [6.07, 6.45) is -0.250. The van der Waals surface area contributed by atoms with Gasteiger partial charge in [0.25, 0.3) is 0 Å². The number of hydrogen-bond acceptors (Lipinski definition) is 3. The molecule has 4 heteroatoms. The maximum Gasteiger partial charge on any atom is 0.167 e. The van der Waals surface area contributed by atoms with Crippen LogP contribution in [0.5, 0.6) is 0 Å². The molecule has 0 aliphatic heterocycles. The van der Waals surface area contributed by atoms with E-state index < -0.39 is 6.29 Å². The summed E-state index contributed by atoms with van der Waals surface area (Å²) in [5.41, 5.74) is 0.656. The number of ether oxygens (including phenoxy) is 2. The second-order valence-corrected chi connectivity index (χ2v) is 3.95. The maximum atomic E-state index is 11.7. The van der Waals surface area contributed by atoms with Crippen molar-refractivity contribution in [2.24, 2.45) is 0 Å². The minimum atomic E-state index is -0.475. The number of benzene rings is 1. The molecule has 0 atom stereocenters. The van der Waals surface area contributed by atoms with Crippen molar-refractivity contribution in [3.05, 3.63) is 34.3 Å². The van der Waals surface area contributed by atoms with Gasteiger partial charge in [-0.05, 0) is 12.1 Å². The molecular formula is C11H13BrO3. The Labute approximate surface area is 97.5 Å². The first kappa shape index (κ1) is 12.4. The van der Waals surface area contributed by atoms with Crippen molar-refractivity contribution in [2.45, 2.75) is 12.7 Å². The summed E-state index contributed by atoms with van der Waals surface area (Å²) in [6, 6.07) is 7.26. The van der Waals surface area contributed by atoms with Gasteiger partial charge in [-0.1, -0.05) is 28.1 Å². The lowest BCUT2D eigenvalue weighted by atomic mass is 10.1. The van der Waals surface area contributed by atoms with Gasteiger partial charge in [0.15, 0.2) is 12.1 Å². The predicted octanol–water partition coefficient (Wildman–Crippen LogP) is 2.64. The summed E-state index contributed by atoms with van der Waals surface area (Å²) in [6.45, 7) is 0. The van der Waals surface area contributed by atoms with Gasteiger partial charge in [-0.2, -0.15) is 0 Å². The lowest BCUT2D eigenvalue weighted by Gasteiger charge is -2.12. The minimum Gasteiger partial charge on any atom is -0.355 e. The van der Waals surface area contributed by atoms with Gasteiger partial charge in [0.05, 0.1) is 6.42 Å².